The van der Waals surface area contributed by atoms with E-state index in [1.54, 1.807) is 0 Å². The summed E-state index contributed by atoms with van der Waals surface area (Å²) in [7, 11) is 1.47. The molecule has 0 radical (unpaired) electrons. The van der Waals surface area contributed by atoms with E-state index in [9.17, 15) is 4.79 Å². The minimum absolute atomic E-state index is 0.0398. The van der Waals surface area contributed by atoms with E-state index >= 15 is 0 Å². The first-order valence-electron chi connectivity index (χ1n) is 7.98. The van der Waals surface area contributed by atoms with Crippen molar-refractivity contribution < 1.29 is 19.0 Å². The van der Waals surface area contributed by atoms with Crippen LogP contribution in [0.25, 0.3) is 0 Å². The Hall–Kier alpha value is -0.870. The zero-order valence-corrected chi connectivity index (χ0v) is 13.5. The summed E-state index contributed by atoms with van der Waals surface area (Å²) in [5.74, 6) is 0.237. The minimum Gasteiger partial charge on any atom is -0.469 e. The van der Waals surface area contributed by atoms with Crippen LogP contribution in [-0.4, -0.2) is 32.1 Å². The minimum atomic E-state index is -0.431. The monoisotopic (exact) mass is 296 g/mol. The van der Waals surface area contributed by atoms with Gasteiger partial charge in [-0.15, -0.1) is 0 Å². The highest BCUT2D eigenvalue weighted by Gasteiger charge is 2.35. The topological polar surface area (TPSA) is 44.8 Å². The van der Waals surface area contributed by atoms with Crippen LogP contribution in [0.3, 0.4) is 0 Å². The molecule has 4 heteroatoms. The van der Waals surface area contributed by atoms with Crippen LogP contribution in [0.4, 0.5) is 0 Å². The van der Waals surface area contributed by atoms with Crippen molar-refractivity contribution in [3.05, 3.63) is 12.2 Å². The molecule has 0 aromatic heterocycles. The van der Waals surface area contributed by atoms with Crippen molar-refractivity contribution in [3.63, 3.8) is 0 Å². The fraction of sp³-hybridized carbons (Fsp3) is 0.824. The van der Waals surface area contributed by atoms with Crippen LogP contribution in [-0.2, 0) is 19.0 Å². The molecule has 1 saturated heterocycles. The van der Waals surface area contributed by atoms with Gasteiger partial charge in [0.1, 0.15) is 0 Å². The molecular weight excluding hydrogens is 268 g/mol. The average molecular weight is 296 g/mol. The summed E-state index contributed by atoms with van der Waals surface area (Å²) in [6.07, 6.45) is 4.77. The van der Waals surface area contributed by atoms with Gasteiger partial charge in [0.25, 0.3) is 0 Å². The van der Waals surface area contributed by atoms with Gasteiger partial charge >= 0.3 is 5.97 Å². The van der Waals surface area contributed by atoms with E-state index in [1.807, 2.05) is 6.92 Å². The van der Waals surface area contributed by atoms with Gasteiger partial charge in [0.05, 0.1) is 26.2 Å². The molecule has 0 aromatic rings. The van der Waals surface area contributed by atoms with Crippen LogP contribution >= 0.6 is 0 Å². The number of methoxy groups -OCH3 is 1. The molecule has 0 bridgehead atoms. The molecule has 1 unspecified atom stereocenters. The predicted molar refractivity (Wildman–Crippen MR) is 80.7 cm³/mol. The van der Waals surface area contributed by atoms with Crippen molar-refractivity contribution in [2.24, 2.45) is 17.8 Å². The quantitative estimate of drug-likeness (QED) is 0.453. The average Bonchev–Trinajstić information content (AvgIpc) is 2.84. The third kappa shape index (κ3) is 4.07. The number of carbonyl (C=O) groups excluding carboxylic acids is 1. The first-order valence-corrected chi connectivity index (χ1v) is 7.98. The van der Waals surface area contributed by atoms with E-state index in [4.69, 9.17) is 14.2 Å². The molecule has 1 heterocycles. The van der Waals surface area contributed by atoms with E-state index in [1.165, 1.54) is 12.7 Å². The molecule has 120 valence electrons. The van der Waals surface area contributed by atoms with Crippen molar-refractivity contribution in [1.29, 1.82) is 0 Å². The highest BCUT2D eigenvalue weighted by Crippen LogP contribution is 2.38. The lowest BCUT2D eigenvalue weighted by Crippen LogP contribution is -2.26. The SMILES string of the molecule is C=C1C[C@@H](C(=O)OC)C(C)CC[C@H]1CCC1(C)OCCO1. The maximum Gasteiger partial charge on any atom is 0.309 e. The van der Waals surface area contributed by atoms with Gasteiger partial charge in [-0.1, -0.05) is 19.1 Å². The third-order valence-corrected chi connectivity index (χ3v) is 5.07. The number of hydrogen-bond acceptors (Lipinski definition) is 4. The number of carbonyl (C=O) groups is 1. The second-order valence-electron chi connectivity index (χ2n) is 6.61. The summed E-state index contributed by atoms with van der Waals surface area (Å²) in [4.78, 5) is 11.9. The van der Waals surface area contributed by atoms with Crippen LogP contribution < -0.4 is 0 Å². The Morgan fingerprint density at radius 2 is 2.05 bits per heavy atom. The normalized spacial score (nSPS) is 32.7. The molecular formula is C17H28O4. The smallest absolute Gasteiger partial charge is 0.309 e. The standard InChI is InChI=1S/C17H28O4/c1-12-5-6-14(7-8-17(3)20-9-10-21-17)13(2)11-15(12)16(18)19-4/h12,14-15H,2,5-11H2,1,3-4H3/t12?,14-,15+/m0/s1. The Bertz CT molecular complexity index is 384. The van der Waals surface area contributed by atoms with E-state index < -0.39 is 5.79 Å². The Kier molecular flexibility index (Phi) is 5.44. The molecule has 0 aromatic carbocycles. The molecule has 0 spiro atoms. The van der Waals surface area contributed by atoms with Crippen molar-refractivity contribution in [2.45, 2.75) is 51.7 Å². The first kappa shape index (κ1) is 16.5. The van der Waals surface area contributed by atoms with Crippen molar-refractivity contribution in [3.8, 4) is 0 Å². The highest BCUT2D eigenvalue weighted by atomic mass is 16.7. The molecule has 2 rings (SSSR count). The van der Waals surface area contributed by atoms with Gasteiger partial charge in [0, 0.05) is 6.42 Å². The van der Waals surface area contributed by atoms with Crippen LogP contribution in [0.1, 0.15) is 46.0 Å². The van der Waals surface area contributed by atoms with Gasteiger partial charge in [0.2, 0.25) is 0 Å². The van der Waals surface area contributed by atoms with Gasteiger partial charge in [-0.2, -0.15) is 0 Å². The second-order valence-corrected chi connectivity index (χ2v) is 6.61. The van der Waals surface area contributed by atoms with E-state index in [0.29, 0.717) is 25.0 Å². The molecule has 4 nitrogen and oxygen atoms in total. The number of ether oxygens (including phenoxy) is 3. The van der Waals surface area contributed by atoms with Crippen molar-refractivity contribution in [1.82, 2.24) is 0 Å². The molecule has 0 N–H and O–H groups in total. The summed E-state index contributed by atoms with van der Waals surface area (Å²) in [5.41, 5.74) is 1.18. The fourth-order valence-electron chi connectivity index (χ4n) is 3.47. The van der Waals surface area contributed by atoms with Gasteiger partial charge in [-0.3, -0.25) is 4.79 Å². The first-order chi connectivity index (χ1) is 9.95. The van der Waals surface area contributed by atoms with E-state index in [0.717, 1.165) is 32.1 Å². The molecule has 1 aliphatic carbocycles. The molecule has 0 amide bonds. The predicted octanol–water partition coefficient (Wildman–Crippen LogP) is 3.31. The van der Waals surface area contributed by atoms with E-state index in [-0.39, 0.29) is 11.9 Å². The summed E-state index contributed by atoms with van der Waals surface area (Å²) < 4.78 is 16.3. The lowest BCUT2D eigenvalue weighted by molar-refractivity contribution is -0.149. The zero-order chi connectivity index (χ0) is 15.5. The number of hydrogen-bond donors (Lipinski definition) is 0. The third-order valence-electron chi connectivity index (χ3n) is 5.07. The largest absolute Gasteiger partial charge is 0.469 e. The fourth-order valence-corrected chi connectivity index (χ4v) is 3.47. The molecule has 1 saturated carbocycles. The summed E-state index contributed by atoms with van der Waals surface area (Å²) >= 11 is 0. The van der Waals surface area contributed by atoms with Gasteiger partial charge in [-0.05, 0) is 44.4 Å². The van der Waals surface area contributed by atoms with Crippen molar-refractivity contribution in [2.75, 3.05) is 20.3 Å². The number of allylic oxidation sites excluding steroid dienone is 1. The molecule has 2 fully saturated rings. The highest BCUT2D eigenvalue weighted by molar-refractivity contribution is 5.73. The van der Waals surface area contributed by atoms with Gasteiger partial charge in [0.15, 0.2) is 5.79 Å². The number of rotatable bonds is 4. The van der Waals surface area contributed by atoms with Crippen LogP contribution in [0.15, 0.2) is 12.2 Å². The second kappa shape index (κ2) is 6.93. The Balaban J connectivity index is 1.92. The van der Waals surface area contributed by atoms with Crippen LogP contribution in [0.5, 0.6) is 0 Å². The van der Waals surface area contributed by atoms with Crippen LogP contribution in [0, 0.1) is 17.8 Å². The van der Waals surface area contributed by atoms with Gasteiger partial charge < -0.3 is 14.2 Å². The Morgan fingerprint density at radius 3 is 2.67 bits per heavy atom. The Morgan fingerprint density at radius 1 is 1.38 bits per heavy atom. The molecule has 1 aliphatic heterocycles. The van der Waals surface area contributed by atoms with Crippen molar-refractivity contribution >= 4 is 5.97 Å². The number of esters is 1. The summed E-state index contributed by atoms with van der Waals surface area (Å²) in [6, 6.07) is 0. The molecule has 3 atom stereocenters. The van der Waals surface area contributed by atoms with E-state index in [2.05, 4.69) is 13.5 Å². The lowest BCUT2D eigenvalue weighted by Gasteiger charge is -2.25. The molecule has 21 heavy (non-hydrogen) atoms. The maximum absolute atomic E-state index is 11.9. The lowest BCUT2D eigenvalue weighted by atomic mass is 9.87. The molecule has 2 aliphatic rings. The summed E-state index contributed by atoms with van der Waals surface area (Å²) in [5, 5.41) is 0. The summed E-state index contributed by atoms with van der Waals surface area (Å²) in [6.45, 7) is 9.76. The zero-order valence-electron chi connectivity index (χ0n) is 13.5. The van der Waals surface area contributed by atoms with Crippen LogP contribution in [0.2, 0.25) is 0 Å². The Labute approximate surface area is 127 Å². The maximum atomic E-state index is 11.9. The van der Waals surface area contributed by atoms with Gasteiger partial charge in [-0.25, -0.2) is 0 Å².